The molecule has 1 amide bonds. The number of aliphatic hydroxyl groups is 1. The number of Topliss-reactive ketones (excluding diaryl/α,β-unsaturated/α-hetero) is 1. The highest BCUT2D eigenvalue weighted by Gasteiger charge is 2.46. The van der Waals surface area contributed by atoms with Crippen molar-refractivity contribution in [3.8, 4) is 11.5 Å². The second-order valence-electron chi connectivity index (χ2n) is 7.98. The molecule has 2 aromatic rings. The van der Waals surface area contributed by atoms with E-state index in [2.05, 4.69) is 6.58 Å². The number of ether oxygens (including phenoxy) is 1. The zero-order valence-electron chi connectivity index (χ0n) is 18.6. The molecule has 1 aliphatic rings. The molecule has 1 heterocycles. The molecule has 0 radical (unpaired) electrons. The van der Waals surface area contributed by atoms with Crippen molar-refractivity contribution >= 4 is 29.1 Å². The number of hydrogen-bond donors (Lipinski definition) is 2. The largest absolute Gasteiger partial charge is 0.507 e. The van der Waals surface area contributed by atoms with E-state index < -0.39 is 23.5 Å². The van der Waals surface area contributed by atoms with Gasteiger partial charge in [-0.1, -0.05) is 36.4 Å². The standard InChI is InChI=1S/C25H27ClN2O5/c1-4-14-33-18-9-6-16(7-10-18)22-21(23(30)19-15-17(26)8-11-20(19)29)24(31)25(32)28(22)13-5-12-27(2)3/h4,6-11,15,22,29-30H,1,5,12-14H2,2-3H3/t22-/m1/s1. The van der Waals surface area contributed by atoms with E-state index in [4.69, 9.17) is 16.3 Å². The lowest BCUT2D eigenvalue weighted by Gasteiger charge is -2.26. The summed E-state index contributed by atoms with van der Waals surface area (Å²) < 4.78 is 5.53. The van der Waals surface area contributed by atoms with Gasteiger partial charge in [0.2, 0.25) is 0 Å². The fourth-order valence-corrected chi connectivity index (χ4v) is 3.93. The van der Waals surface area contributed by atoms with Crippen LogP contribution >= 0.6 is 11.6 Å². The summed E-state index contributed by atoms with van der Waals surface area (Å²) >= 11 is 6.04. The van der Waals surface area contributed by atoms with Gasteiger partial charge in [-0.2, -0.15) is 0 Å². The van der Waals surface area contributed by atoms with Crippen LogP contribution in [0.1, 0.15) is 23.6 Å². The molecule has 1 atom stereocenters. The Balaban J connectivity index is 2.09. The summed E-state index contributed by atoms with van der Waals surface area (Å²) in [4.78, 5) is 29.5. The zero-order chi connectivity index (χ0) is 24.1. The fourth-order valence-electron chi connectivity index (χ4n) is 3.76. The third-order valence-electron chi connectivity index (χ3n) is 5.32. The minimum absolute atomic E-state index is 0.00951. The number of rotatable bonds is 9. The van der Waals surface area contributed by atoms with Crippen LogP contribution in [0.2, 0.25) is 5.02 Å². The Labute approximate surface area is 198 Å². The van der Waals surface area contributed by atoms with Gasteiger partial charge in [-0.25, -0.2) is 0 Å². The summed E-state index contributed by atoms with van der Waals surface area (Å²) in [5.74, 6) is -1.62. The van der Waals surface area contributed by atoms with Crippen molar-refractivity contribution in [2.75, 3.05) is 33.8 Å². The summed E-state index contributed by atoms with van der Waals surface area (Å²) in [6.07, 6.45) is 2.27. The molecule has 8 heteroatoms. The summed E-state index contributed by atoms with van der Waals surface area (Å²) in [7, 11) is 3.85. The maximum Gasteiger partial charge on any atom is 0.295 e. The highest BCUT2D eigenvalue weighted by Crippen LogP contribution is 2.41. The number of phenolic OH excluding ortho intramolecular Hbond substituents is 1. The van der Waals surface area contributed by atoms with Gasteiger partial charge in [0.25, 0.3) is 11.7 Å². The van der Waals surface area contributed by atoms with Crippen LogP contribution in [0.15, 0.2) is 60.7 Å². The molecule has 2 N–H and O–H groups in total. The van der Waals surface area contributed by atoms with Crippen molar-refractivity contribution in [3.63, 3.8) is 0 Å². The van der Waals surface area contributed by atoms with E-state index >= 15 is 0 Å². The van der Waals surface area contributed by atoms with Gasteiger partial charge in [-0.3, -0.25) is 9.59 Å². The van der Waals surface area contributed by atoms with Crippen LogP contribution < -0.4 is 4.74 Å². The molecule has 0 aromatic heterocycles. The van der Waals surface area contributed by atoms with Crippen LogP contribution in [-0.4, -0.2) is 65.5 Å². The van der Waals surface area contributed by atoms with Gasteiger partial charge in [0.05, 0.1) is 17.2 Å². The van der Waals surface area contributed by atoms with Crippen LogP contribution in [0.3, 0.4) is 0 Å². The number of amides is 1. The molecule has 0 spiro atoms. The second kappa shape index (κ2) is 10.6. The molecule has 3 rings (SSSR count). The lowest BCUT2D eigenvalue weighted by Crippen LogP contribution is -2.32. The summed E-state index contributed by atoms with van der Waals surface area (Å²) in [6, 6.07) is 10.3. The molecule has 174 valence electrons. The molecule has 33 heavy (non-hydrogen) atoms. The van der Waals surface area contributed by atoms with Gasteiger partial charge < -0.3 is 24.7 Å². The third kappa shape index (κ3) is 5.38. The average Bonchev–Trinajstić information content (AvgIpc) is 3.04. The highest BCUT2D eigenvalue weighted by molar-refractivity contribution is 6.46. The molecular formula is C25H27ClN2O5. The monoisotopic (exact) mass is 470 g/mol. The van der Waals surface area contributed by atoms with Crippen LogP contribution in [0.5, 0.6) is 11.5 Å². The Morgan fingerprint density at radius 3 is 2.55 bits per heavy atom. The first-order valence-electron chi connectivity index (χ1n) is 10.5. The van der Waals surface area contributed by atoms with Gasteiger partial charge in [0, 0.05) is 11.6 Å². The van der Waals surface area contributed by atoms with Gasteiger partial charge in [0.15, 0.2) is 0 Å². The molecule has 0 unspecified atom stereocenters. The number of hydrogen-bond acceptors (Lipinski definition) is 6. The van der Waals surface area contributed by atoms with Crippen LogP contribution in [0, 0.1) is 0 Å². The topological polar surface area (TPSA) is 90.3 Å². The molecule has 7 nitrogen and oxygen atoms in total. The number of likely N-dealkylation sites (tertiary alicyclic amines) is 1. The Kier molecular flexibility index (Phi) is 7.79. The van der Waals surface area contributed by atoms with Gasteiger partial charge in [0.1, 0.15) is 23.9 Å². The number of aromatic hydroxyl groups is 1. The molecule has 2 aromatic carbocycles. The first-order valence-corrected chi connectivity index (χ1v) is 10.9. The number of carbonyl (C=O) groups is 2. The number of aliphatic hydroxyl groups excluding tert-OH is 1. The van der Waals surface area contributed by atoms with E-state index in [9.17, 15) is 19.8 Å². The van der Waals surface area contributed by atoms with Crippen molar-refractivity contribution in [2.24, 2.45) is 0 Å². The van der Waals surface area contributed by atoms with E-state index in [1.165, 1.54) is 23.1 Å². The van der Waals surface area contributed by atoms with Crippen molar-refractivity contribution in [2.45, 2.75) is 12.5 Å². The van der Waals surface area contributed by atoms with E-state index in [1.54, 1.807) is 30.3 Å². The van der Waals surface area contributed by atoms with Crippen molar-refractivity contribution in [1.29, 1.82) is 0 Å². The predicted octanol–water partition coefficient (Wildman–Crippen LogP) is 3.98. The van der Waals surface area contributed by atoms with Gasteiger partial charge in [-0.15, -0.1) is 0 Å². The van der Waals surface area contributed by atoms with Crippen molar-refractivity contribution in [1.82, 2.24) is 9.80 Å². The summed E-state index contributed by atoms with van der Waals surface area (Å²) in [5, 5.41) is 21.6. The summed E-state index contributed by atoms with van der Waals surface area (Å²) in [6.45, 7) is 5.01. The van der Waals surface area contributed by atoms with E-state index in [0.717, 1.165) is 6.54 Å². The fraction of sp³-hybridized carbons (Fsp3) is 0.280. The van der Waals surface area contributed by atoms with Crippen molar-refractivity contribution < 1.29 is 24.5 Å². The number of benzene rings is 2. The Hall–Kier alpha value is -3.29. The third-order valence-corrected chi connectivity index (χ3v) is 5.56. The maximum atomic E-state index is 13.0. The van der Waals surface area contributed by atoms with Crippen LogP contribution in [-0.2, 0) is 9.59 Å². The zero-order valence-corrected chi connectivity index (χ0v) is 19.4. The molecular weight excluding hydrogens is 444 g/mol. The summed E-state index contributed by atoms with van der Waals surface area (Å²) in [5.41, 5.74) is 0.528. The van der Waals surface area contributed by atoms with E-state index in [0.29, 0.717) is 30.9 Å². The van der Waals surface area contributed by atoms with E-state index in [1.807, 2.05) is 19.0 Å². The Bertz CT molecular complexity index is 1080. The Morgan fingerprint density at radius 1 is 1.21 bits per heavy atom. The predicted molar refractivity (Wildman–Crippen MR) is 127 cm³/mol. The minimum Gasteiger partial charge on any atom is -0.507 e. The first kappa shape index (κ1) is 24.4. The maximum absolute atomic E-state index is 13.0. The molecule has 0 aliphatic carbocycles. The SMILES string of the molecule is C=CCOc1ccc([C@@H]2C(=C(O)c3cc(Cl)ccc3O)C(=O)C(=O)N2CCCN(C)C)cc1. The lowest BCUT2D eigenvalue weighted by atomic mass is 9.95. The lowest BCUT2D eigenvalue weighted by molar-refractivity contribution is -0.139. The van der Waals surface area contributed by atoms with Gasteiger partial charge in [-0.05, 0) is 63.0 Å². The molecule has 1 saturated heterocycles. The van der Waals surface area contributed by atoms with Crippen molar-refractivity contribution in [3.05, 3.63) is 76.8 Å². The van der Waals surface area contributed by atoms with Crippen LogP contribution in [0.25, 0.3) is 5.76 Å². The molecule has 1 aliphatic heterocycles. The minimum atomic E-state index is -0.820. The molecule has 0 bridgehead atoms. The van der Waals surface area contributed by atoms with Crippen LogP contribution in [0.4, 0.5) is 0 Å². The number of carbonyl (C=O) groups excluding carboxylic acids is 2. The number of ketones is 1. The van der Waals surface area contributed by atoms with E-state index in [-0.39, 0.29) is 21.9 Å². The number of phenols is 1. The average molecular weight is 471 g/mol. The molecule has 0 saturated carbocycles. The number of nitrogens with zero attached hydrogens (tertiary/aromatic N) is 2. The first-order chi connectivity index (χ1) is 15.7. The second-order valence-corrected chi connectivity index (χ2v) is 8.42. The number of halogens is 1. The normalized spacial score (nSPS) is 17.6. The Morgan fingerprint density at radius 2 is 1.91 bits per heavy atom. The highest BCUT2D eigenvalue weighted by atomic mass is 35.5. The molecule has 1 fully saturated rings. The smallest absolute Gasteiger partial charge is 0.295 e. The quantitative estimate of drug-likeness (QED) is 0.249. The van der Waals surface area contributed by atoms with Gasteiger partial charge >= 0.3 is 0 Å².